The van der Waals surface area contributed by atoms with Crippen molar-refractivity contribution in [2.24, 2.45) is 0 Å². The average Bonchev–Trinajstić information content (AvgIpc) is 2.75. The van der Waals surface area contributed by atoms with Crippen molar-refractivity contribution < 1.29 is 24.5 Å². The van der Waals surface area contributed by atoms with Crippen LogP contribution in [0.25, 0.3) is 0 Å². The van der Waals surface area contributed by atoms with Crippen LogP contribution in [-0.2, 0) is 22.4 Å². The molecule has 0 bridgehead atoms. The molecule has 2 N–H and O–H groups in total. The van der Waals surface area contributed by atoms with E-state index in [1.165, 1.54) is 24.0 Å². The van der Waals surface area contributed by atoms with Gasteiger partial charge in [0.1, 0.15) is 5.75 Å². The fraction of sp³-hybridized carbons (Fsp3) is 0.417. The van der Waals surface area contributed by atoms with E-state index in [-0.39, 0.29) is 0 Å². The van der Waals surface area contributed by atoms with Crippen molar-refractivity contribution >= 4 is 23.5 Å². The van der Waals surface area contributed by atoms with Crippen molar-refractivity contribution in [3.63, 3.8) is 0 Å². The number of carbonyl (C=O) groups is 2. The molecule has 2 rings (SSSR count). The van der Waals surface area contributed by atoms with Gasteiger partial charge in [0.15, 0.2) is 0 Å². The molecule has 0 spiro atoms. The normalized spacial score (nSPS) is 10.3. The monoisotopic (exact) mass is 449 g/mol. The minimum atomic E-state index is -1.82. The molecular weight excluding hydrogens is 418 g/mol. The molecule has 31 heavy (non-hydrogen) atoms. The van der Waals surface area contributed by atoms with Gasteiger partial charge in [-0.3, -0.25) is 0 Å². The van der Waals surface area contributed by atoms with Crippen LogP contribution in [0.15, 0.2) is 48.5 Å². The molecule has 0 aliphatic carbocycles. The summed E-state index contributed by atoms with van der Waals surface area (Å²) in [4.78, 5) is 20.7. The second kappa shape index (κ2) is 15.3. The molecule has 0 aliphatic rings. The number of hydrogen-bond acceptors (Lipinski definition) is 4. The number of nitrogens with zero attached hydrogens (tertiary/aromatic N) is 1. The average molecular weight is 450 g/mol. The number of aliphatic carboxylic acids is 2. The first kappa shape index (κ1) is 26.5. The number of hydrogen-bond donors (Lipinski definition) is 2. The van der Waals surface area contributed by atoms with Gasteiger partial charge in [-0.05, 0) is 61.7 Å². The van der Waals surface area contributed by atoms with Crippen LogP contribution in [0.5, 0.6) is 5.75 Å². The predicted octanol–water partition coefficient (Wildman–Crippen LogP) is 4.78. The van der Waals surface area contributed by atoms with Crippen LogP contribution in [0.3, 0.4) is 0 Å². The summed E-state index contributed by atoms with van der Waals surface area (Å²) in [6.07, 6.45) is 4.27. The molecule has 170 valence electrons. The summed E-state index contributed by atoms with van der Waals surface area (Å²) in [6, 6.07) is 16.4. The fourth-order valence-corrected chi connectivity index (χ4v) is 3.25. The summed E-state index contributed by atoms with van der Waals surface area (Å²) < 4.78 is 6.07. The van der Waals surface area contributed by atoms with Crippen LogP contribution < -0.4 is 4.74 Å². The van der Waals surface area contributed by atoms with Gasteiger partial charge in [-0.25, -0.2) is 9.59 Å². The molecule has 7 heteroatoms. The van der Waals surface area contributed by atoms with E-state index in [1.807, 2.05) is 18.2 Å². The minimum absolute atomic E-state index is 0.687. The van der Waals surface area contributed by atoms with Gasteiger partial charge in [-0.15, -0.1) is 0 Å². The zero-order valence-electron chi connectivity index (χ0n) is 18.2. The quantitative estimate of drug-likeness (QED) is 0.480. The van der Waals surface area contributed by atoms with Gasteiger partial charge in [0, 0.05) is 18.0 Å². The van der Waals surface area contributed by atoms with E-state index in [0.29, 0.717) is 6.61 Å². The third-order valence-electron chi connectivity index (χ3n) is 4.47. The van der Waals surface area contributed by atoms with Crippen molar-refractivity contribution in [2.75, 3.05) is 26.2 Å². The Bertz CT molecular complexity index is 780. The van der Waals surface area contributed by atoms with Crippen LogP contribution in [0.4, 0.5) is 0 Å². The molecule has 6 nitrogen and oxygen atoms in total. The number of halogens is 1. The molecule has 0 aliphatic heterocycles. The Morgan fingerprint density at radius 2 is 1.52 bits per heavy atom. The second-order valence-corrected chi connectivity index (χ2v) is 7.47. The highest BCUT2D eigenvalue weighted by molar-refractivity contribution is 6.30. The Kier molecular flexibility index (Phi) is 13.0. The first-order chi connectivity index (χ1) is 14.9. The van der Waals surface area contributed by atoms with Crippen molar-refractivity contribution in [2.45, 2.75) is 39.5 Å². The number of rotatable bonds is 11. The second-order valence-electron chi connectivity index (χ2n) is 7.04. The van der Waals surface area contributed by atoms with Crippen molar-refractivity contribution in [3.05, 3.63) is 64.7 Å². The third kappa shape index (κ3) is 11.4. The van der Waals surface area contributed by atoms with Gasteiger partial charge >= 0.3 is 11.9 Å². The smallest absolute Gasteiger partial charge is 0.414 e. The van der Waals surface area contributed by atoms with Gasteiger partial charge in [0.25, 0.3) is 0 Å². The molecule has 2 aromatic rings. The summed E-state index contributed by atoms with van der Waals surface area (Å²) in [5.74, 6) is -2.68. The number of ether oxygens (including phenoxy) is 1. The molecule has 0 amide bonds. The highest BCUT2D eigenvalue weighted by Crippen LogP contribution is 2.24. The van der Waals surface area contributed by atoms with E-state index < -0.39 is 11.9 Å². The Labute approximate surface area is 189 Å². The summed E-state index contributed by atoms with van der Waals surface area (Å²) in [6.45, 7) is 8.51. The van der Waals surface area contributed by atoms with Crippen molar-refractivity contribution in [3.8, 4) is 5.75 Å². The number of benzene rings is 2. The standard InChI is InChI=1S/C22H30ClNO.C2H2O4/c1-3-14-24(15-4-2)16-12-20-18-21(23)10-11-22(20)25-17-13-19-8-6-5-7-9-19;3-1(4)2(5)6/h5-11,18H,3-4,12-17H2,1-2H3;(H,3,4)(H,5,6). The first-order valence-electron chi connectivity index (χ1n) is 10.5. The Hall–Kier alpha value is -2.57. The molecule has 0 saturated heterocycles. The lowest BCUT2D eigenvalue weighted by atomic mass is 10.1. The van der Waals surface area contributed by atoms with E-state index >= 15 is 0 Å². The van der Waals surface area contributed by atoms with Crippen molar-refractivity contribution in [1.29, 1.82) is 0 Å². The maximum atomic E-state index is 9.10. The van der Waals surface area contributed by atoms with Crippen LogP contribution in [0.1, 0.15) is 37.8 Å². The zero-order chi connectivity index (χ0) is 23.1. The van der Waals surface area contributed by atoms with Crippen molar-refractivity contribution in [1.82, 2.24) is 4.90 Å². The Morgan fingerprint density at radius 3 is 2.06 bits per heavy atom. The molecule has 0 heterocycles. The highest BCUT2D eigenvalue weighted by Gasteiger charge is 2.09. The van der Waals surface area contributed by atoms with Gasteiger partial charge in [0.05, 0.1) is 6.61 Å². The number of carboxylic acids is 2. The largest absolute Gasteiger partial charge is 0.493 e. The topological polar surface area (TPSA) is 87.1 Å². The molecular formula is C24H32ClNO5. The SMILES string of the molecule is CCCN(CCC)CCc1cc(Cl)ccc1OCCc1ccccc1.O=C(O)C(=O)O. The molecule has 0 fully saturated rings. The lowest BCUT2D eigenvalue weighted by Crippen LogP contribution is -2.27. The summed E-state index contributed by atoms with van der Waals surface area (Å²) in [7, 11) is 0. The maximum Gasteiger partial charge on any atom is 0.414 e. The van der Waals surface area contributed by atoms with Gasteiger partial charge in [-0.1, -0.05) is 55.8 Å². The highest BCUT2D eigenvalue weighted by atomic mass is 35.5. The lowest BCUT2D eigenvalue weighted by Gasteiger charge is -2.21. The fourth-order valence-electron chi connectivity index (χ4n) is 3.05. The molecule has 2 aromatic carbocycles. The van der Waals surface area contributed by atoms with E-state index in [2.05, 4.69) is 49.1 Å². The summed E-state index contributed by atoms with van der Waals surface area (Å²) >= 11 is 6.22. The van der Waals surface area contributed by atoms with Crippen LogP contribution in [0, 0.1) is 0 Å². The van der Waals surface area contributed by atoms with Gasteiger partial charge in [-0.2, -0.15) is 0 Å². The van der Waals surface area contributed by atoms with Crippen LogP contribution in [0.2, 0.25) is 5.02 Å². The minimum Gasteiger partial charge on any atom is -0.493 e. The third-order valence-corrected chi connectivity index (χ3v) is 4.71. The Balaban J connectivity index is 0.000000703. The molecule has 0 aromatic heterocycles. The lowest BCUT2D eigenvalue weighted by molar-refractivity contribution is -0.159. The van der Waals surface area contributed by atoms with Crippen LogP contribution >= 0.6 is 11.6 Å². The maximum absolute atomic E-state index is 9.10. The number of carboxylic acid groups (broad SMARTS) is 2. The van der Waals surface area contributed by atoms with Gasteiger partial charge in [0.2, 0.25) is 0 Å². The van der Waals surface area contributed by atoms with E-state index in [1.54, 1.807) is 0 Å². The zero-order valence-corrected chi connectivity index (χ0v) is 19.0. The van der Waals surface area contributed by atoms with Crippen LogP contribution in [-0.4, -0.2) is 53.3 Å². The summed E-state index contributed by atoms with van der Waals surface area (Å²) in [5.41, 5.74) is 2.51. The molecule has 0 radical (unpaired) electrons. The molecule has 0 unspecified atom stereocenters. The summed E-state index contributed by atoms with van der Waals surface area (Å²) in [5, 5.41) is 15.6. The molecule has 0 atom stereocenters. The van der Waals surface area contributed by atoms with Gasteiger partial charge < -0.3 is 19.8 Å². The van der Waals surface area contributed by atoms with E-state index in [0.717, 1.165) is 43.2 Å². The first-order valence-corrected chi connectivity index (χ1v) is 10.9. The van der Waals surface area contributed by atoms with E-state index in [4.69, 9.17) is 36.1 Å². The predicted molar refractivity (Wildman–Crippen MR) is 123 cm³/mol. The Morgan fingerprint density at radius 1 is 0.903 bits per heavy atom. The molecule has 0 saturated carbocycles. The van der Waals surface area contributed by atoms with E-state index in [9.17, 15) is 0 Å².